The van der Waals surface area contributed by atoms with Gasteiger partial charge in [0, 0.05) is 39.3 Å². The number of benzene rings is 3. The summed E-state index contributed by atoms with van der Waals surface area (Å²) in [7, 11) is 2.82. The van der Waals surface area contributed by atoms with Gasteiger partial charge in [-0.3, -0.25) is 9.36 Å². The van der Waals surface area contributed by atoms with Crippen molar-refractivity contribution in [2.24, 2.45) is 4.99 Å². The van der Waals surface area contributed by atoms with Crippen molar-refractivity contribution in [2.75, 3.05) is 14.2 Å². The molecule has 0 amide bonds. The molecule has 1 aliphatic rings. The third-order valence-corrected chi connectivity index (χ3v) is 8.94. The molecule has 0 saturated carbocycles. The van der Waals surface area contributed by atoms with Crippen LogP contribution in [0.25, 0.3) is 17.0 Å². The molecule has 0 radical (unpaired) electrons. The SMILES string of the molecule is COC(=O)C1=C(C)N=c2s/c(=C\c3c(C)n(Cc4ccc(F)cc4)c4ccccc34)c(=O)n2[C@H]1c1cc(Cl)ccc1OC. The fraction of sp³-hybridized carbons (Fsp3) is 0.182. The van der Waals surface area contributed by atoms with Gasteiger partial charge in [0.25, 0.3) is 5.56 Å². The van der Waals surface area contributed by atoms with Crippen LogP contribution in [0.2, 0.25) is 5.02 Å². The zero-order valence-electron chi connectivity index (χ0n) is 23.9. The van der Waals surface area contributed by atoms with Crippen molar-refractivity contribution in [1.82, 2.24) is 9.13 Å². The fourth-order valence-corrected chi connectivity index (χ4v) is 6.86. The normalized spacial score (nSPS) is 15.0. The maximum absolute atomic E-state index is 14.2. The number of halogens is 2. The summed E-state index contributed by atoms with van der Waals surface area (Å²) < 4.78 is 28.4. The van der Waals surface area contributed by atoms with E-state index in [-0.39, 0.29) is 16.9 Å². The maximum atomic E-state index is 14.2. The molecule has 0 fully saturated rings. The summed E-state index contributed by atoms with van der Waals surface area (Å²) in [6.07, 6.45) is 1.88. The molecule has 0 N–H and O–H groups in total. The van der Waals surface area contributed by atoms with Crippen LogP contribution in [0, 0.1) is 12.7 Å². The van der Waals surface area contributed by atoms with Crippen molar-refractivity contribution in [2.45, 2.75) is 26.4 Å². The molecule has 3 aromatic carbocycles. The van der Waals surface area contributed by atoms with Crippen LogP contribution in [-0.2, 0) is 16.1 Å². The second-order valence-electron chi connectivity index (χ2n) is 10.2. The minimum atomic E-state index is -0.861. The summed E-state index contributed by atoms with van der Waals surface area (Å²) in [5, 5.41) is 1.41. The van der Waals surface area contributed by atoms with Gasteiger partial charge in [0.1, 0.15) is 17.6 Å². The predicted octanol–water partition coefficient (Wildman–Crippen LogP) is 5.52. The molecule has 6 rings (SSSR count). The van der Waals surface area contributed by atoms with Crippen LogP contribution in [0.1, 0.15) is 35.3 Å². The number of hydrogen-bond donors (Lipinski definition) is 0. The summed E-state index contributed by atoms with van der Waals surface area (Å²) in [6.45, 7) is 4.27. The van der Waals surface area contributed by atoms with Gasteiger partial charge in [-0.15, -0.1) is 0 Å². The van der Waals surface area contributed by atoms with Gasteiger partial charge in [0.2, 0.25) is 0 Å². The van der Waals surface area contributed by atoms with Crippen LogP contribution in [0.15, 0.2) is 87.8 Å². The maximum Gasteiger partial charge on any atom is 0.338 e. The molecule has 1 aliphatic heterocycles. The molecule has 1 atom stereocenters. The van der Waals surface area contributed by atoms with Crippen LogP contribution < -0.4 is 19.6 Å². The van der Waals surface area contributed by atoms with Crippen LogP contribution in [0.5, 0.6) is 5.75 Å². The van der Waals surface area contributed by atoms with Gasteiger partial charge < -0.3 is 14.0 Å². The zero-order chi connectivity index (χ0) is 30.4. The number of methoxy groups -OCH3 is 2. The van der Waals surface area contributed by atoms with Gasteiger partial charge in [0.15, 0.2) is 4.80 Å². The number of carbonyl (C=O) groups is 1. The second kappa shape index (κ2) is 11.3. The number of rotatable bonds is 6. The molecule has 5 aromatic rings. The molecule has 0 spiro atoms. The molecule has 0 bridgehead atoms. The summed E-state index contributed by atoms with van der Waals surface area (Å²) >= 11 is 7.64. The summed E-state index contributed by atoms with van der Waals surface area (Å²) in [4.78, 5) is 32.4. The largest absolute Gasteiger partial charge is 0.496 e. The Morgan fingerprint density at radius 1 is 1.09 bits per heavy atom. The summed E-state index contributed by atoms with van der Waals surface area (Å²) in [5.41, 5.74) is 4.71. The van der Waals surface area contributed by atoms with E-state index in [0.717, 1.165) is 27.7 Å². The number of nitrogens with zero attached hydrogens (tertiary/aromatic N) is 3. The van der Waals surface area contributed by atoms with Crippen molar-refractivity contribution >= 4 is 45.9 Å². The van der Waals surface area contributed by atoms with Crippen molar-refractivity contribution in [1.29, 1.82) is 0 Å². The summed E-state index contributed by atoms with van der Waals surface area (Å²) in [5.74, 6) is -0.407. The molecular weight excluding hydrogens is 589 g/mol. The minimum absolute atomic E-state index is 0.231. The molecule has 218 valence electrons. The molecule has 2 aromatic heterocycles. The summed E-state index contributed by atoms with van der Waals surface area (Å²) in [6, 6.07) is 18.6. The van der Waals surface area contributed by atoms with E-state index in [2.05, 4.69) is 9.56 Å². The highest BCUT2D eigenvalue weighted by Gasteiger charge is 2.35. The third-order valence-electron chi connectivity index (χ3n) is 7.72. The van der Waals surface area contributed by atoms with Gasteiger partial charge >= 0.3 is 5.97 Å². The Bertz CT molecular complexity index is 2130. The molecule has 43 heavy (non-hydrogen) atoms. The lowest BCUT2D eigenvalue weighted by atomic mass is 9.95. The van der Waals surface area contributed by atoms with E-state index in [4.69, 9.17) is 21.1 Å². The Morgan fingerprint density at radius 2 is 1.84 bits per heavy atom. The van der Waals surface area contributed by atoms with Gasteiger partial charge in [-0.2, -0.15) is 0 Å². The Kier molecular flexibility index (Phi) is 7.54. The van der Waals surface area contributed by atoms with Crippen LogP contribution in [0.4, 0.5) is 4.39 Å². The first-order valence-corrected chi connectivity index (χ1v) is 14.7. The van der Waals surface area contributed by atoms with Gasteiger partial charge in [-0.05, 0) is 61.9 Å². The quantitative estimate of drug-likeness (QED) is 0.236. The Balaban J connectivity index is 1.57. The molecule has 3 heterocycles. The number of thiazole rings is 1. The van der Waals surface area contributed by atoms with Crippen LogP contribution in [0.3, 0.4) is 0 Å². The first-order chi connectivity index (χ1) is 20.7. The number of aromatic nitrogens is 2. The van der Waals surface area contributed by atoms with E-state index in [1.807, 2.05) is 37.3 Å². The van der Waals surface area contributed by atoms with Crippen molar-refractivity contribution in [3.63, 3.8) is 0 Å². The molecule has 0 unspecified atom stereocenters. The number of hydrogen-bond acceptors (Lipinski definition) is 6. The number of esters is 1. The Morgan fingerprint density at radius 3 is 2.56 bits per heavy atom. The lowest BCUT2D eigenvalue weighted by molar-refractivity contribution is -0.136. The highest BCUT2D eigenvalue weighted by molar-refractivity contribution is 7.07. The molecule has 10 heteroatoms. The van der Waals surface area contributed by atoms with Crippen molar-refractivity contribution < 1.29 is 18.7 Å². The Labute approximate surface area is 255 Å². The molecular formula is C33H27ClFN3O4S. The highest BCUT2D eigenvalue weighted by Crippen LogP contribution is 2.37. The van der Waals surface area contributed by atoms with E-state index in [0.29, 0.717) is 37.9 Å². The fourth-order valence-electron chi connectivity index (χ4n) is 5.65. The predicted molar refractivity (Wildman–Crippen MR) is 166 cm³/mol. The number of allylic oxidation sites excluding steroid dienone is 1. The average Bonchev–Trinajstić information content (AvgIpc) is 3.45. The van der Waals surface area contributed by atoms with Gasteiger partial charge in [0.05, 0.1) is 30.0 Å². The van der Waals surface area contributed by atoms with E-state index >= 15 is 0 Å². The number of carbonyl (C=O) groups excluding carboxylic acids is 1. The monoisotopic (exact) mass is 615 g/mol. The van der Waals surface area contributed by atoms with Crippen LogP contribution in [-0.4, -0.2) is 29.3 Å². The molecule has 0 saturated heterocycles. The minimum Gasteiger partial charge on any atom is -0.496 e. The number of para-hydroxylation sites is 1. The molecule has 7 nitrogen and oxygen atoms in total. The van der Waals surface area contributed by atoms with Crippen molar-refractivity contribution in [3.8, 4) is 5.75 Å². The van der Waals surface area contributed by atoms with E-state index in [1.165, 1.54) is 42.3 Å². The lowest BCUT2D eigenvalue weighted by Gasteiger charge is -2.25. The first-order valence-electron chi connectivity index (χ1n) is 13.5. The Hall–Kier alpha value is -4.47. The van der Waals surface area contributed by atoms with Gasteiger partial charge in [-0.1, -0.05) is 53.3 Å². The van der Waals surface area contributed by atoms with E-state index in [1.54, 1.807) is 37.3 Å². The first kappa shape index (κ1) is 28.6. The third kappa shape index (κ3) is 4.98. The standard InChI is InChI=1S/C33H27ClFN3O4S/c1-18-29(32(40)42-4)30(25-15-21(34)11-14-27(25)41-3)38-31(39)28(43-33(38)36-18)16-24-19(2)37(26-8-6-5-7-23(24)26)17-20-9-12-22(35)13-10-20/h5-16,30H,17H2,1-4H3/b28-16-/t30-/m0/s1. The number of fused-ring (bicyclic) bond motifs is 2. The van der Waals surface area contributed by atoms with Crippen molar-refractivity contribution in [3.05, 3.63) is 131 Å². The van der Waals surface area contributed by atoms with Gasteiger partial charge in [-0.25, -0.2) is 14.2 Å². The molecule has 0 aliphatic carbocycles. The topological polar surface area (TPSA) is 74.8 Å². The van der Waals surface area contributed by atoms with E-state index in [9.17, 15) is 14.0 Å². The van der Waals surface area contributed by atoms with E-state index < -0.39 is 12.0 Å². The second-order valence-corrected chi connectivity index (χ2v) is 11.6. The van der Waals surface area contributed by atoms with Crippen LogP contribution >= 0.6 is 22.9 Å². The lowest BCUT2D eigenvalue weighted by Crippen LogP contribution is -2.40. The smallest absolute Gasteiger partial charge is 0.338 e. The zero-order valence-corrected chi connectivity index (χ0v) is 25.4. The number of ether oxygens (including phenoxy) is 2. The average molecular weight is 616 g/mol. The highest BCUT2D eigenvalue weighted by atomic mass is 35.5.